The van der Waals surface area contributed by atoms with Crippen LogP contribution in [0.15, 0.2) is 23.1 Å². The normalized spacial score (nSPS) is 9.87. The highest BCUT2D eigenvalue weighted by Crippen LogP contribution is 2.23. The fourth-order valence-electron chi connectivity index (χ4n) is 1.16. The minimum Gasteiger partial charge on any atom is -0.398 e. The molecule has 0 fully saturated rings. The van der Waals surface area contributed by atoms with Crippen LogP contribution in [-0.2, 0) is 6.42 Å². The van der Waals surface area contributed by atoms with Crippen molar-refractivity contribution >= 4 is 17.4 Å². The van der Waals surface area contributed by atoms with E-state index in [0.717, 1.165) is 22.6 Å². The van der Waals surface area contributed by atoms with E-state index in [1.807, 2.05) is 18.2 Å². The van der Waals surface area contributed by atoms with E-state index in [9.17, 15) is 0 Å². The predicted octanol–water partition coefficient (Wildman–Crippen LogP) is 1.81. The van der Waals surface area contributed by atoms with Crippen LogP contribution < -0.4 is 5.73 Å². The van der Waals surface area contributed by atoms with Crippen LogP contribution in [0.3, 0.4) is 0 Å². The summed E-state index contributed by atoms with van der Waals surface area (Å²) >= 11 is 1.67. The lowest BCUT2D eigenvalue weighted by atomic mass is 10.1. The summed E-state index contributed by atoms with van der Waals surface area (Å²) in [5.41, 5.74) is 7.28. The number of rotatable bonds is 5. The van der Waals surface area contributed by atoms with E-state index in [0.29, 0.717) is 12.1 Å². The van der Waals surface area contributed by atoms with Gasteiger partial charge in [-0.3, -0.25) is 0 Å². The SMILES string of the molecule is N#CCc1cc(SCCCO)ccc1N. The summed E-state index contributed by atoms with van der Waals surface area (Å²) in [5, 5.41) is 17.3. The summed E-state index contributed by atoms with van der Waals surface area (Å²) in [4.78, 5) is 1.10. The van der Waals surface area contributed by atoms with E-state index >= 15 is 0 Å². The number of nitriles is 1. The molecule has 0 aliphatic rings. The van der Waals surface area contributed by atoms with E-state index in [-0.39, 0.29) is 6.61 Å². The monoisotopic (exact) mass is 222 g/mol. The molecule has 15 heavy (non-hydrogen) atoms. The highest BCUT2D eigenvalue weighted by molar-refractivity contribution is 7.99. The molecule has 0 aliphatic heterocycles. The number of aliphatic hydroxyl groups is 1. The zero-order valence-corrected chi connectivity index (χ0v) is 9.26. The molecule has 0 saturated heterocycles. The number of nitrogens with zero attached hydrogens (tertiary/aromatic N) is 1. The number of nitrogens with two attached hydrogens (primary N) is 1. The molecule has 0 spiro atoms. The highest BCUT2D eigenvalue weighted by atomic mass is 32.2. The lowest BCUT2D eigenvalue weighted by Gasteiger charge is -2.05. The molecule has 1 aromatic carbocycles. The summed E-state index contributed by atoms with van der Waals surface area (Å²) in [6, 6.07) is 7.81. The first-order chi connectivity index (χ1) is 7.27. The molecule has 0 radical (unpaired) electrons. The molecular weight excluding hydrogens is 208 g/mol. The molecule has 1 aromatic rings. The van der Waals surface area contributed by atoms with Gasteiger partial charge in [-0.15, -0.1) is 11.8 Å². The van der Waals surface area contributed by atoms with Gasteiger partial charge in [0.25, 0.3) is 0 Å². The van der Waals surface area contributed by atoms with Crippen molar-refractivity contribution in [1.82, 2.24) is 0 Å². The van der Waals surface area contributed by atoms with Crippen LogP contribution in [0.4, 0.5) is 5.69 Å². The van der Waals surface area contributed by atoms with Gasteiger partial charge >= 0.3 is 0 Å². The molecule has 0 unspecified atom stereocenters. The van der Waals surface area contributed by atoms with Gasteiger partial charge in [0.2, 0.25) is 0 Å². The van der Waals surface area contributed by atoms with Crippen LogP contribution in [0, 0.1) is 11.3 Å². The summed E-state index contributed by atoms with van der Waals surface area (Å²) in [5.74, 6) is 0.881. The minimum absolute atomic E-state index is 0.215. The summed E-state index contributed by atoms with van der Waals surface area (Å²) in [6.07, 6.45) is 1.13. The maximum absolute atomic E-state index is 8.65. The van der Waals surface area contributed by atoms with Gasteiger partial charge in [-0.25, -0.2) is 0 Å². The Balaban J connectivity index is 2.66. The predicted molar refractivity (Wildman–Crippen MR) is 62.6 cm³/mol. The first-order valence-corrected chi connectivity index (χ1v) is 5.75. The molecular formula is C11H14N2OS. The molecule has 0 bridgehead atoms. The molecule has 1 rings (SSSR count). The van der Waals surface area contributed by atoms with Gasteiger partial charge < -0.3 is 10.8 Å². The van der Waals surface area contributed by atoms with E-state index in [4.69, 9.17) is 16.1 Å². The second kappa shape index (κ2) is 6.33. The van der Waals surface area contributed by atoms with E-state index in [1.165, 1.54) is 0 Å². The Kier molecular flexibility index (Phi) is 5.02. The van der Waals surface area contributed by atoms with Gasteiger partial charge in [-0.1, -0.05) is 0 Å². The third-order valence-corrected chi connectivity index (χ3v) is 3.04. The highest BCUT2D eigenvalue weighted by Gasteiger charge is 2.01. The first-order valence-electron chi connectivity index (χ1n) is 4.77. The molecule has 0 aliphatic carbocycles. The lowest BCUT2D eigenvalue weighted by molar-refractivity contribution is 0.296. The maximum Gasteiger partial charge on any atom is 0.0670 e. The smallest absolute Gasteiger partial charge is 0.0670 e. The summed E-state index contributed by atoms with van der Waals surface area (Å²) in [6.45, 7) is 0.215. The van der Waals surface area contributed by atoms with Crippen molar-refractivity contribution in [2.45, 2.75) is 17.7 Å². The third kappa shape index (κ3) is 3.82. The van der Waals surface area contributed by atoms with Crippen LogP contribution in [0.5, 0.6) is 0 Å². The molecule has 4 heteroatoms. The largest absolute Gasteiger partial charge is 0.398 e. The Morgan fingerprint density at radius 2 is 2.27 bits per heavy atom. The van der Waals surface area contributed by atoms with Crippen molar-refractivity contribution < 1.29 is 5.11 Å². The van der Waals surface area contributed by atoms with Gasteiger partial charge in [0, 0.05) is 22.9 Å². The Bertz CT molecular complexity index is 360. The minimum atomic E-state index is 0.215. The first kappa shape index (κ1) is 11.9. The topological polar surface area (TPSA) is 70.0 Å². The van der Waals surface area contributed by atoms with Crippen LogP contribution in [0.1, 0.15) is 12.0 Å². The molecule has 80 valence electrons. The summed E-state index contributed by atoms with van der Waals surface area (Å²) < 4.78 is 0. The molecule has 3 N–H and O–H groups in total. The number of hydrogen-bond donors (Lipinski definition) is 2. The zero-order valence-electron chi connectivity index (χ0n) is 8.44. The van der Waals surface area contributed by atoms with Gasteiger partial charge in [-0.05, 0) is 30.2 Å². The van der Waals surface area contributed by atoms with Crippen LogP contribution in [0.2, 0.25) is 0 Å². The Hall–Kier alpha value is -1.18. The van der Waals surface area contributed by atoms with Crippen molar-refractivity contribution in [3.05, 3.63) is 23.8 Å². The van der Waals surface area contributed by atoms with Gasteiger partial charge in [0.15, 0.2) is 0 Å². The molecule has 0 aromatic heterocycles. The summed E-state index contributed by atoms with van der Waals surface area (Å²) in [7, 11) is 0. The quantitative estimate of drug-likeness (QED) is 0.453. The maximum atomic E-state index is 8.65. The number of anilines is 1. The van der Waals surface area contributed by atoms with E-state index in [2.05, 4.69) is 6.07 Å². The van der Waals surface area contributed by atoms with Crippen LogP contribution in [-0.4, -0.2) is 17.5 Å². The van der Waals surface area contributed by atoms with Crippen molar-refractivity contribution in [3.8, 4) is 6.07 Å². The van der Waals surface area contributed by atoms with Crippen molar-refractivity contribution in [2.24, 2.45) is 0 Å². The second-order valence-electron chi connectivity index (χ2n) is 3.12. The van der Waals surface area contributed by atoms with Gasteiger partial charge in [0.1, 0.15) is 0 Å². The van der Waals surface area contributed by atoms with Crippen LogP contribution >= 0.6 is 11.8 Å². The Morgan fingerprint density at radius 1 is 1.47 bits per heavy atom. The number of aliphatic hydroxyl groups excluding tert-OH is 1. The fourth-order valence-corrected chi connectivity index (χ4v) is 2.06. The number of thioether (sulfide) groups is 1. The Morgan fingerprint density at radius 3 is 2.93 bits per heavy atom. The molecule has 3 nitrogen and oxygen atoms in total. The van der Waals surface area contributed by atoms with E-state index in [1.54, 1.807) is 11.8 Å². The van der Waals surface area contributed by atoms with Crippen LogP contribution in [0.25, 0.3) is 0 Å². The average molecular weight is 222 g/mol. The van der Waals surface area contributed by atoms with Gasteiger partial charge in [0.05, 0.1) is 12.5 Å². The average Bonchev–Trinajstić information content (AvgIpc) is 2.23. The Labute approximate surface area is 93.9 Å². The number of nitrogen functional groups attached to an aromatic ring is 1. The van der Waals surface area contributed by atoms with Crippen molar-refractivity contribution in [1.29, 1.82) is 5.26 Å². The molecule has 0 saturated carbocycles. The fraction of sp³-hybridized carbons (Fsp3) is 0.364. The number of hydrogen-bond acceptors (Lipinski definition) is 4. The van der Waals surface area contributed by atoms with Crippen molar-refractivity contribution in [3.63, 3.8) is 0 Å². The zero-order chi connectivity index (χ0) is 11.1. The second-order valence-corrected chi connectivity index (χ2v) is 4.29. The van der Waals surface area contributed by atoms with Crippen molar-refractivity contribution in [2.75, 3.05) is 18.1 Å². The van der Waals surface area contributed by atoms with Gasteiger partial charge in [-0.2, -0.15) is 5.26 Å². The lowest BCUT2D eigenvalue weighted by Crippen LogP contribution is -1.94. The third-order valence-electron chi connectivity index (χ3n) is 1.96. The number of benzene rings is 1. The molecule has 0 atom stereocenters. The standard InChI is InChI=1S/C11H14N2OS/c12-5-4-9-8-10(2-3-11(9)13)15-7-1-6-14/h2-3,8,14H,1,4,6-7,13H2. The van der Waals surface area contributed by atoms with E-state index < -0.39 is 0 Å². The molecule has 0 amide bonds. The molecule has 0 heterocycles.